The molecule has 96 valence electrons. The van der Waals surface area contributed by atoms with Crippen LogP contribution in [0, 0.1) is 0 Å². The topological polar surface area (TPSA) is 83.8 Å². The molecule has 0 atom stereocenters. The van der Waals surface area contributed by atoms with Gasteiger partial charge in [0.05, 0.1) is 13.0 Å². The standard InChI is InChI=1S/C13H14O5/c1-2-18-12(15)5-3-4-9-6-7-10(13(16)17)11(14)8-9/h3-4,6-8,14H,2,5H2,1H3,(H,16,17). The fourth-order valence-corrected chi connectivity index (χ4v) is 1.34. The Bertz CT molecular complexity index is 476. The number of aromatic carboxylic acids is 1. The molecule has 5 nitrogen and oxygen atoms in total. The van der Waals surface area contributed by atoms with Crippen molar-refractivity contribution in [2.75, 3.05) is 6.61 Å². The summed E-state index contributed by atoms with van der Waals surface area (Å²) >= 11 is 0. The Morgan fingerprint density at radius 1 is 1.39 bits per heavy atom. The maximum absolute atomic E-state index is 11.0. The van der Waals surface area contributed by atoms with Gasteiger partial charge >= 0.3 is 11.9 Å². The van der Waals surface area contributed by atoms with Gasteiger partial charge in [0.2, 0.25) is 0 Å². The van der Waals surface area contributed by atoms with Gasteiger partial charge in [-0.1, -0.05) is 18.2 Å². The van der Waals surface area contributed by atoms with E-state index in [2.05, 4.69) is 0 Å². The highest BCUT2D eigenvalue weighted by Gasteiger charge is 2.08. The Labute approximate surface area is 104 Å². The lowest BCUT2D eigenvalue weighted by atomic mass is 10.1. The van der Waals surface area contributed by atoms with E-state index in [4.69, 9.17) is 9.84 Å². The molecule has 0 radical (unpaired) electrons. The average Bonchev–Trinajstić information content (AvgIpc) is 2.29. The molecule has 1 aromatic rings. The molecule has 0 amide bonds. The van der Waals surface area contributed by atoms with Crippen molar-refractivity contribution in [1.82, 2.24) is 0 Å². The lowest BCUT2D eigenvalue weighted by Crippen LogP contribution is -2.01. The van der Waals surface area contributed by atoms with Gasteiger partial charge in [-0.3, -0.25) is 4.79 Å². The van der Waals surface area contributed by atoms with Crippen LogP contribution in [0.15, 0.2) is 24.3 Å². The van der Waals surface area contributed by atoms with Crippen LogP contribution >= 0.6 is 0 Å². The van der Waals surface area contributed by atoms with E-state index in [0.29, 0.717) is 12.2 Å². The van der Waals surface area contributed by atoms with Gasteiger partial charge in [-0.05, 0) is 24.6 Å². The second-order valence-electron chi connectivity index (χ2n) is 3.49. The largest absolute Gasteiger partial charge is 0.507 e. The van der Waals surface area contributed by atoms with E-state index < -0.39 is 5.97 Å². The number of benzene rings is 1. The minimum Gasteiger partial charge on any atom is -0.507 e. The molecule has 0 heterocycles. The van der Waals surface area contributed by atoms with Crippen LogP contribution < -0.4 is 0 Å². The van der Waals surface area contributed by atoms with Crippen molar-refractivity contribution in [2.24, 2.45) is 0 Å². The molecule has 18 heavy (non-hydrogen) atoms. The molecular formula is C13H14O5. The van der Waals surface area contributed by atoms with Crippen molar-refractivity contribution >= 4 is 18.0 Å². The molecule has 0 aliphatic heterocycles. The lowest BCUT2D eigenvalue weighted by Gasteiger charge is -2.00. The smallest absolute Gasteiger partial charge is 0.339 e. The predicted molar refractivity (Wildman–Crippen MR) is 65.4 cm³/mol. The van der Waals surface area contributed by atoms with Crippen molar-refractivity contribution in [3.05, 3.63) is 35.4 Å². The van der Waals surface area contributed by atoms with Crippen LogP contribution in [0.4, 0.5) is 0 Å². The van der Waals surface area contributed by atoms with Gasteiger partial charge in [-0.25, -0.2) is 4.79 Å². The Hall–Kier alpha value is -2.30. The van der Waals surface area contributed by atoms with Gasteiger partial charge in [-0.15, -0.1) is 0 Å². The van der Waals surface area contributed by atoms with Crippen molar-refractivity contribution in [3.8, 4) is 5.75 Å². The predicted octanol–water partition coefficient (Wildman–Crippen LogP) is 2.06. The number of hydrogen-bond acceptors (Lipinski definition) is 4. The molecule has 0 aliphatic rings. The molecule has 5 heteroatoms. The number of esters is 1. The van der Waals surface area contributed by atoms with Crippen LogP contribution in [0.1, 0.15) is 29.3 Å². The highest BCUT2D eigenvalue weighted by molar-refractivity contribution is 5.91. The third kappa shape index (κ3) is 3.93. The summed E-state index contributed by atoms with van der Waals surface area (Å²) < 4.78 is 4.74. The first kappa shape index (κ1) is 13.8. The molecular weight excluding hydrogens is 236 g/mol. The average molecular weight is 250 g/mol. The van der Waals surface area contributed by atoms with Gasteiger partial charge < -0.3 is 14.9 Å². The zero-order valence-corrected chi connectivity index (χ0v) is 9.92. The number of rotatable bonds is 5. The first-order valence-corrected chi connectivity index (χ1v) is 5.43. The summed E-state index contributed by atoms with van der Waals surface area (Å²) in [5.74, 6) is -1.82. The van der Waals surface area contributed by atoms with Crippen LogP contribution in [0.25, 0.3) is 6.08 Å². The van der Waals surface area contributed by atoms with Gasteiger partial charge in [0, 0.05) is 0 Å². The molecule has 0 unspecified atom stereocenters. The zero-order valence-electron chi connectivity index (χ0n) is 9.92. The summed E-state index contributed by atoms with van der Waals surface area (Å²) in [6.07, 6.45) is 3.34. The van der Waals surface area contributed by atoms with E-state index in [-0.39, 0.29) is 23.7 Å². The number of carbonyl (C=O) groups is 2. The maximum atomic E-state index is 11.0. The van der Waals surface area contributed by atoms with Crippen molar-refractivity contribution in [2.45, 2.75) is 13.3 Å². The number of aromatic hydroxyl groups is 1. The number of ether oxygens (including phenoxy) is 1. The third-order valence-corrected chi connectivity index (χ3v) is 2.15. The Kier molecular flexibility index (Phi) is 4.92. The van der Waals surface area contributed by atoms with E-state index >= 15 is 0 Å². The third-order valence-electron chi connectivity index (χ3n) is 2.15. The van der Waals surface area contributed by atoms with Crippen LogP contribution in [0.3, 0.4) is 0 Å². The highest BCUT2D eigenvalue weighted by Crippen LogP contribution is 2.19. The van der Waals surface area contributed by atoms with Crippen LogP contribution in [-0.2, 0) is 9.53 Å². The second kappa shape index (κ2) is 6.44. The van der Waals surface area contributed by atoms with Gasteiger partial charge in [0.15, 0.2) is 0 Å². The minimum atomic E-state index is -1.19. The fourth-order valence-electron chi connectivity index (χ4n) is 1.34. The summed E-state index contributed by atoms with van der Waals surface area (Å²) in [7, 11) is 0. The number of carbonyl (C=O) groups excluding carboxylic acids is 1. The monoisotopic (exact) mass is 250 g/mol. The Balaban J connectivity index is 2.69. The fraction of sp³-hybridized carbons (Fsp3) is 0.231. The number of hydrogen-bond donors (Lipinski definition) is 2. The quantitative estimate of drug-likeness (QED) is 0.781. The molecule has 0 bridgehead atoms. The Morgan fingerprint density at radius 3 is 2.67 bits per heavy atom. The van der Waals surface area contributed by atoms with E-state index in [1.807, 2.05) is 0 Å². The van der Waals surface area contributed by atoms with E-state index in [0.717, 1.165) is 0 Å². The molecule has 0 aliphatic carbocycles. The SMILES string of the molecule is CCOC(=O)CC=Cc1ccc(C(=O)O)c(O)c1. The molecule has 0 fully saturated rings. The molecule has 0 saturated carbocycles. The van der Waals surface area contributed by atoms with Crippen molar-refractivity contribution in [3.63, 3.8) is 0 Å². The summed E-state index contributed by atoms with van der Waals surface area (Å²) in [6, 6.07) is 4.18. The second-order valence-corrected chi connectivity index (χ2v) is 3.49. The van der Waals surface area contributed by atoms with Crippen molar-refractivity contribution < 1.29 is 24.5 Å². The van der Waals surface area contributed by atoms with E-state index in [1.165, 1.54) is 12.1 Å². The first-order chi connectivity index (χ1) is 8.54. The van der Waals surface area contributed by atoms with E-state index in [1.54, 1.807) is 25.1 Å². The molecule has 0 saturated heterocycles. The molecule has 0 aromatic heterocycles. The zero-order chi connectivity index (χ0) is 13.5. The van der Waals surface area contributed by atoms with Gasteiger partial charge in [-0.2, -0.15) is 0 Å². The maximum Gasteiger partial charge on any atom is 0.339 e. The summed E-state index contributed by atoms with van der Waals surface area (Å²) in [5, 5.41) is 18.2. The van der Waals surface area contributed by atoms with E-state index in [9.17, 15) is 14.7 Å². The van der Waals surface area contributed by atoms with Crippen molar-refractivity contribution in [1.29, 1.82) is 0 Å². The van der Waals surface area contributed by atoms with Crippen LogP contribution in [0.2, 0.25) is 0 Å². The Morgan fingerprint density at radius 2 is 2.11 bits per heavy atom. The number of carboxylic acids is 1. The van der Waals surface area contributed by atoms with Crippen LogP contribution in [-0.4, -0.2) is 28.8 Å². The molecule has 0 spiro atoms. The molecule has 1 rings (SSSR count). The molecule has 1 aromatic carbocycles. The lowest BCUT2D eigenvalue weighted by molar-refractivity contribution is -0.142. The summed E-state index contributed by atoms with van der Waals surface area (Å²) in [4.78, 5) is 21.7. The van der Waals surface area contributed by atoms with Gasteiger partial charge in [0.25, 0.3) is 0 Å². The van der Waals surface area contributed by atoms with Crippen LogP contribution in [0.5, 0.6) is 5.75 Å². The minimum absolute atomic E-state index is 0.134. The highest BCUT2D eigenvalue weighted by atomic mass is 16.5. The molecule has 2 N–H and O–H groups in total. The summed E-state index contributed by atoms with van der Waals surface area (Å²) in [6.45, 7) is 2.06. The number of carboxylic acid groups (broad SMARTS) is 1. The normalized spacial score (nSPS) is 10.5. The number of phenols is 1. The van der Waals surface area contributed by atoms with Gasteiger partial charge in [0.1, 0.15) is 11.3 Å². The summed E-state index contributed by atoms with van der Waals surface area (Å²) in [5.41, 5.74) is 0.458. The first-order valence-electron chi connectivity index (χ1n) is 5.43.